The molecule has 0 amide bonds. The molecule has 9 nitrogen and oxygen atoms in total. The summed E-state index contributed by atoms with van der Waals surface area (Å²) in [6.07, 6.45) is 0.801. The first-order chi connectivity index (χ1) is 14.9. The molecule has 31 heavy (non-hydrogen) atoms. The Labute approximate surface area is 179 Å². The van der Waals surface area contributed by atoms with Gasteiger partial charge in [-0.3, -0.25) is 18.7 Å². The zero-order valence-electron chi connectivity index (χ0n) is 18.2. The summed E-state index contributed by atoms with van der Waals surface area (Å²) in [6, 6.07) is 8.85. The number of benzene rings is 1. The highest BCUT2D eigenvalue weighted by Crippen LogP contribution is 2.26. The second-order valence-corrected chi connectivity index (χ2v) is 7.97. The van der Waals surface area contributed by atoms with Gasteiger partial charge in [0.2, 0.25) is 5.95 Å². The Bertz CT molecular complexity index is 1220. The predicted octanol–water partition coefficient (Wildman–Crippen LogP) is 1.16. The third-order valence-corrected chi connectivity index (χ3v) is 5.98. The van der Waals surface area contributed by atoms with E-state index in [-0.39, 0.29) is 24.0 Å². The van der Waals surface area contributed by atoms with E-state index >= 15 is 0 Å². The normalized spacial score (nSPS) is 15.4. The van der Waals surface area contributed by atoms with E-state index in [1.165, 1.54) is 11.6 Å². The van der Waals surface area contributed by atoms with Gasteiger partial charge in [0.1, 0.15) is 0 Å². The molecule has 2 aromatic heterocycles. The fourth-order valence-electron chi connectivity index (χ4n) is 4.00. The summed E-state index contributed by atoms with van der Waals surface area (Å²) in [5.41, 5.74) is 0.220. The van der Waals surface area contributed by atoms with Gasteiger partial charge in [-0.15, -0.1) is 0 Å². The molecule has 0 spiro atoms. The van der Waals surface area contributed by atoms with E-state index in [0.717, 1.165) is 37.2 Å². The van der Waals surface area contributed by atoms with Crippen LogP contribution in [0.1, 0.15) is 36.7 Å². The summed E-state index contributed by atoms with van der Waals surface area (Å²) in [6.45, 7) is 7.07. The lowest BCUT2D eigenvalue weighted by Gasteiger charge is -2.30. The highest BCUT2D eigenvalue weighted by atomic mass is 16.2. The van der Waals surface area contributed by atoms with Gasteiger partial charge < -0.3 is 14.8 Å². The number of piperazine rings is 1. The number of anilines is 1. The molecule has 0 bridgehead atoms. The smallest absolute Gasteiger partial charge is 0.332 e. The van der Waals surface area contributed by atoms with E-state index in [1.807, 2.05) is 17.6 Å². The number of Topliss-reactive ketones (excluding diaryl/α,β-unsaturated/α-hetero) is 1. The SMILES string of the molecule is CCC(C)n1c(N2CCNCC2)nc2c1c(=O)n(C)c(=O)n2CC(=O)c1ccccc1. The van der Waals surface area contributed by atoms with Crippen LogP contribution in [0.3, 0.4) is 0 Å². The van der Waals surface area contributed by atoms with Gasteiger partial charge in [0.25, 0.3) is 5.56 Å². The predicted molar refractivity (Wildman–Crippen MR) is 120 cm³/mol. The first-order valence-corrected chi connectivity index (χ1v) is 10.7. The van der Waals surface area contributed by atoms with Gasteiger partial charge in [0.05, 0.1) is 6.54 Å². The number of nitrogens with zero attached hydrogens (tertiary/aromatic N) is 5. The maximum Gasteiger partial charge on any atom is 0.332 e. The molecule has 1 atom stereocenters. The molecule has 4 rings (SSSR count). The van der Waals surface area contributed by atoms with Crippen molar-refractivity contribution >= 4 is 22.9 Å². The molecule has 1 aromatic carbocycles. The highest BCUT2D eigenvalue weighted by Gasteiger charge is 2.27. The molecule has 164 valence electrons. The van der Waals surface area contributed by atoms with E-state index in [2.05, 4.69) is 17.1 Å². The minimum atomic E-state index is -0.539. The molecule has 3 aromatic rings. The van der Waals surface area contributed by atoms with Crippen LogP contribution in [0.25, 0.3) is 11.2 Å². The molecule has 3 heterocycles. The van der Waals surface area contributed by atoms with E-state index in [4.69, 9.17) is 4.98 Å². The van der Waals surface area contributed by atoms with Crippen molar-refractivity contribution in [3.05, 3.63) is 56.7 Å². The fourth-order valence-corrected chi connectivity index (χ4v) is 4.00. The van der Waals surface area contributed by atoms with Crippen LogP contribution in [0, 0.1) is 0 Å². The lowest BCUT2D eigenvalue weighted by molar-refractivity contribution is 0.0971. The maximum atomic E-state index is 13.2. The standard InChI is InChI=1S/C22H28N6O3/c1-4-15(2)28-18-19(24-21(28)26-12-10-23-11-13-26)27(22(31)25(3)20(18)30)14-17(29)16-8-6-5-7-9-16/h5-9,15,23H,4,10-14H2,1-3H3. The summed E-state index contributed by atoms with van der Waals surface area (Å²) in [4.78, 5) is 46.0. The van der Waals surface area contributed by atoms with Crippen molar-refractivity contribution in [3.8, 4) is 0 Å². The zero-order valence-corrected chi connectivity index (χ0v) is 18.2. The molecule has 0 radical (unpaired) electrons. The number of ketones is 1. The van der Waals surface area contributed by atoms with E-state index in [0.29, 0.717) is 17.0 Å². The average Bonchev–Trinajstić information content (AvgIpc) is 3.21. The van der Waals surface area contributed by atoms with Crippen LogP contribution in [0.2, 0.25) is 0 Å². The van der Waals surface area contributed by atoms with Crippen LogP contribution in [-0.4, -0.2) is 50.6 Å². The molecule has 1 saturated heterocycles. The van der Waals surface area contributed by atoms with Crippen LogP contribution in [0.4, 0.5) is 5.95 Å². The van der Waals surface area contributed by atoms with Gasteiger partial charge in [-0.25, -0.2) is 4.79 Å². The summed E-state index contributed by atoms with van der Waals surface area (Å²) in [5.74, 6) is 0.471. The molecule has 1 unspecified atom stereocenters. The molecule has 1 aliphatic rings. The van der Waals surface area contributed by atoms with Crippen LogP contribution in [-0.2, 0) is 13.6 Å². The highest BCUT2D eigenvalue weighted by molar-refractivity contribution is 5.96. The van der Waals surface area contributed by atoms with E-state index in [9.17, 15) is 14.4 Å². The number of rotatable bonds is 6. The molecule has 0 aliphatic carbocycles. The maximum absolute atomic E-state index is 13.2. The van der Waals surface area contributed by atoms with Crippen molar-refractivity contribution in [2.45, 2.75) is 32.9 Å². The van der Waals surface area contributed by atoms with Gasteiger partial charge in [0.15, 0.2) is 16.9 Å². The Morgan fingerprint density at radius 3 is 2.48 bits per heavy atom. The van der Waals surface area contributed by atoms with Crippen molar-refractivity contribution in [3.63, 3.8) is 0 Å². The number of carbonyl (C=O) groups excluding carboxylic acids is 1. The van der Waals surface area contributed by atoms with Crippen LogP contribution in [0.15, 0.2) is 39.9 Å². The number of imidazole rings is 1. The molecule has 0 saturated carbocycles. The van der Waals surface area contributed by atoms with Crippen LogP contribution in [0.5, 0.6) is 0 Å². The van der Waals surface area contributed by atoms with Gasteiger partial charge in [-0.2, -0.15) is 4.98 Å². The number of hydrogen-bond donors (Lipinski definition) is 1. The van der Waals surface area contributed by atoms with Crippen LogP contribution >= 0.6 is 0 Å². The molecule has 9 heteroatoms. The Kier molecular flexibility index (Phi) is 5.77. The Hall–Kier alpha value is -3.20. The van der Waals surface area contributed by atoms with Crippen molar-refractivity contribution in [2.75, 3.05) is 31.1 Å². The summed E-state index contributed by atoms with van der Waals surface area (Å²) in [7, 11) is 1.45. The van der Waals surface area contributed by atoms with Crippen LogP contribution < -0.4 is 21.5 Å². The average molecular weight is 425 g/mol. The number of aromatic nitrogens is 4. The van der Waals surface area contributed by atoms with Crippen molar-refractivity contribution in [2.24, 2.45) is 7.05 Å². The largest absolute Gasteiger partial charge is 0.340 e. The monoisotopic (exact) mass is 424 g/mol. The van der Waals surface area contributed by atoms with E-state index in [1.54, 1.807) is 24.3 Å². The quantitative estimate of drug-likeness (QED) is 0.597. The van der Waals surface area contributed by atoms with Crippen molar-refractivity contribution in [1.29, 1.82) is 0 Å². The minimum absolute atomic E-state index is 0.0124. The second kappa shape index (κ2) is 8.50. The van der Waals surface area contributed by atoms with Gasteiger partial charge >= 0.3 is 5.69 Å². The Morgan fingerprint density at radius 1 is 1.16 bits per heavy atom. The number of carbonyl (C=O) groups is 1. The Morgan fingerprint density at radius 2 is 1.84 bits per heavy atom. The second-order valence-electron chi connectivity index (χ2n) is 7.97. The zero-order chi connectivity index (χ0) is 22.1. The van der Waals surface area contributed by atoms with Crippen molar-refractivity contribution in [1.82, 2.24) is 24.0 Å². The summed E-state index contributed by atoms with van der Waals surface area (Å²) in [5, 5.41) is 3.32. The lowest BCUT2D eigenvalue weighted by Crippen LogP contribution is -2.44. The molecular formula is C22H28N6O3. The first-order valence-electron chi connectivity index (χ1n) is 10.7. The first kappa shape index (κ1) is 21.0. The number of hydrogen-bond acceptors (Lipinski definition) is 6. The molecule has 1 aliphatic heterocycles. The third-order valence-electron chi connectivity index (χ3n) is 5.98. The van der Waals surface area contributed by atoms with Gasteiger partial charge in [0, 0.05) is 44.8 Å². The summed E-state index contributed by atoms with van der Waals surface area (Å²) < 4.78 is 4.34. The van der Waals surface area contributed by atoms with Gasteiger partial charge in [-0.05, 0) is 13.3 Å². The molecule has 1 fully saturated rings. The Balaban J connectivity index is 1.94. The van der Waals surface area contributed by atoms with E-state index < -0.39 is 11.2 Å². The minimum Gasteiger partial charge on any atom is -0.340 e. The number of fused-ring (bicyclic) bond motifs is 1. The number of nitrogens with one attached hydrogen (secondary N) is 1. The topological polar surface area (TPSA) is 94.2 Å². The molecule has 1 N–H and O–H groups in total. The van der Waals surface area contributed by atoms with Crippen molar-refractivity contribution < 1.29 is 4.79 Å². The lowest BCUT2D eigenvalue weighted by atomic mass is 10.1. The third kappa shape index (κ3) is 3.69. The molecular weight excluding hydrogens is 396 g/mol. The van der Waals surface area contributed by atoms with Gasteiger partial charge in [-0.1, -0.05) is 37.3 Å². The summed E-state index contributed by atoms with van der Waals surface area (Å²) >= 11 is 0. The fraction of sp³-hybridized carbons (Fsp3) is 0.455.